The number of nitro groups is 1. The lowest BCUT2D eigenvalue weighted by Crippen LogP contribution is -2.31. The van der Waals surface area contributed by atoms with Crippen LogP contribution in [0.1, 0.15) is 12.8 Å². The van der Waals surface area contributed by atoms with Crippen molar-refractivity contribution in [1.82, 2.24) is 0 Å². The molecule has 0 bridgehead atoms. The number of sulfonamides is 1. The van der Waals surface area contributed by atoms with Gasteiger partial charge in [0.25, 0.3) is 5.69 Å². The zero-order valence-corrected chi connectivity index (χ0v) is 11.5. The van der Waals surface area contributed by atoms with E-state index in [1.165, 1.54) is 12.1 Å². The number of nitrogens with one attached hydrogen (secondary N) is 1. The highest BCUT2D eigenvalue weighted by Gasteiger charge is 2.31. The van der Waals surface area contributed by atoms with E-state index in [0.29, 0.717) is 12.5 Å². The molecule has 1 aliphatic carbocycles. The van der Waals surface area contributed by atoms with Crippen LogP contribution in [0, 0.1) is 16.0 Å². The smallest absolute Gasteiger partial charge is 0.293 e. The third-order valence-corrected chi connectivity index (χ3v) is 4.19. The Morgan fingerprint density at radius 1 is 1.45 bits per heavy atom. The minimum atomic E-state index is -3.97. The van der Waals surface area contributed by atoms with Crippen LogP contribution in [0.15, 0.2) is 23.1 Å². The molecule has 1 atom stereocenters. The minimum absolute atomic E-state index is 0.0472. The van der Waals surface area contributed by atoms with Gasteiger partial charge in [0.15, 0.2) is 0 Å². The van der Waals surface area contributed by atoms with Crippen molar-refractivity contribution in [2.45, 2.75) is 23.8 Å². The molecule has 1 aromatic carbocycles. The van der Waals surface area contributed by atoms with Crippen LogP contribution in [-0.4, -0.2) is 25.9 Å². The number of hydrogen-bond donors (Lipinski definition) is 3. The Labute approximate surface area is 116 Å². The Morgan fingerprint density at radius 3 is 2.55 bits per heavy atom. The highest BCUT2D eigenvalue weighted by molar-refractivity contribution is 7.89. The molecular formula is C11H16N4O4S. The second kappa shape index (κ2) is 5.35. The lowest BCUT2D eigenvalue weighted by atomic mass is 10.1. The van der Waals surface area contributed by atoms with Crippen LogP contribution >= 0.6 is 0 Å². The minimum Gasteiger partial charge on any atom is -0.375 e. The largest absolute Gasteiger partial charge is 0.375 e. The third-order valence-electron chi connectivity index (χ3n) is 3.28. The van der Waals surface area contributed by atoms with Crippen molar-refractivity contribution in [1.29, 1.82) is 0 Å². The number of rotatable bonds is 6. The number of benzene rings is 1. The summed E-state index contributed by atoms with van der Waals surface area (Å²) >= 11 is 0. The fraction of sp³-hybridized carbons (Fsp3) is 0.455. The maximum absolute atomic E-state index is 11.2. The van der Waals surface area contributed by atoms with E-state index in [9.17, 15) is 18.5 Å². The zero-order valence-electron chi connectivity index (χ0n) is 10.7. The topological polar surface area (TPSA) is 141 Å². The first-order chi connectivity index (χ1) is 9.32. The zero-order chi connectivity index (χ0) is 14.9. The van der Waals surface area contributed by atoms with Crippen LogP contribution in [0.4, 0.5) is 11.4 Å². The molecule has 1 aliphatic rings. The first kappa shape index (κ1) is 14.7. The van der Waals surface area contributed by atoms with Crippen LogP contribution in [0.25, 0.3) is 0 Å². The molecule has 0 aromatic heterocycles. The molecule has 0 aliphatic heterocycles. The van der Waals surface area contributed by atoms with Crippen molar-refractivity contribution < 1.29 is 13.3 Å². The SMILES string of the molecule is NCC(Nc1ccc(S(N)(=O)=O)cc1[N+](=O)[O-])C1CC1. The molecule has 1 unspecified atom stereocenters. The molecule has 0 radical (unpaired) electrons. The predicted octanol–water partition coefficient (Wildman–Crippen LogP) is 0.391. The van der Waals surface area contributed by atoms with Crippen molar-refractivity contribution in [3.05, 3.63) is 28.3 Å². The van der Waals surface area contributed by atoms with E-state index < -0.39 is 14.9 Å². The summed E-state index contributed by atoms with van der Waals surface area (Å²) < 4.78 is 22.5. The molecule has 0 heterocycles. The highest BCUT2D eigenvalue weighted by Crippen LogP contribution is 2.36. The number of primary sulfonamides is 1. The second-order valence-electron chi connectivity index (χ2n) is 4.81. The molecule has 8 nitrogen and oxygen atoms in total. The van der Waals surface area contributed by atoms with Crippen LogP contribution in [0.5, 0.6) is 0 Å². The molecule has 1 fully saturated rings. The predicted molar refractivity (Wildman–Crippen MR) is 73.7 cm³/mol. The molecule has 5 N–H and O–H groups in total. The van der Waals surface area contributed by atoms with Crippen molar-refractivity contribution >= 4 is 21.4 Å². The standard InChI is InChI=1S/C11H16N4O4S/c12-6-10(7-1-2-7)14-9-4-3-8(20(13,18)19)5-11(9)15(16)17/h3-5,7,10,14H,1-2,6,12H2,(H2,13,18,19). The summed E-state index contributed by atoms with van der Waals surface area (Å²) in [5.74, 6) is 0.414. The van der Waals surface area contributed by atoms with Gasteiger partial charge in [-0.25, -0.2) is 13.6 Å². The summed E-state index contributed by atoms with van der Waals surface area (Å²) in [6, 6.07) is 3.50. The lowest BCUT2D eigenvalue weighted by molar-refractivity contribution is -0.384. The van der Waals surface area contributed by atoms with E-state index in [1.807, 2.05) is 0 Å². The Balaban J connectivity index is 2.35. The van der Waals surface area contributed by atoms with Gasteiger partial charge in [-0.3, -0.25) is 10.1 Å². The molecule has 9 heteroatoms. The Hall–Kier alpha value is -1.71. The molecule has 0 saturated heterocycles. The molecular weight excluding hydrogens is 284 g/mol. The van der Waals surface area contributed by atoms with E-state index in [4.69, 9.17) is 10.9 Å². The summed E-state index contributed by atoms with van der Waals surface area (Å²) in [5, 5.41) is 19.0. The number of nitrogens with two attached hydrogens (primary N) is 2. The molecule has 110 valence electrons. The number of anilines is 1. The van der Waals surface area contributed by atoms with Crippen molar-refractivity contribution in [2.75, 3.05) is 11.9 Å². The Kier molecular flexibility index (Phi) is 3.93. The van der Waals surface area contributed by atoms with Crippen molar-refractivity contribution in [3.8, 4) is 0 Å². The molecule has 0 spiro atoms. The average Bonchev–Trinajstić information content (AvgIpc) is 3.18. The van der Waals surface area contributed by atoms with Gasteiger partial charge in [-0.05, 0) is 30.9 Å². The van der Waals surface area contributed by atoms with Gasteiger partial charge in [-0.15, -0.1) is 0 Å². The molecule has 0 amide bonds. The maximum atomic E-state index is 11.2. The second-order valence-corrected chi connectivity index (χ2v) is 6.37. The summed E-state index contributed by atoms with van der Waals surface area (Å²) in [6.07, 6.45) is 2.08. The summed E-state index contributed by atoms with van der Waals surface area (Å²) in [7, 11) is -3.97. The van der Waals surface area contributed by atoms with Gasteiger partial charge in [-0.2, -0.15) is 0 Å². The van der Waals surface area contributed by atoms with Crippen molar-refractivity contribution in [2.24, 2.45) is 16.8 Å². The average molecular weight is 300 g/mol. The monoisotopic (exact) mass is 300 g/mol. The van der Waals surface area contributed by atoms with Gasteiger partial charge in [0.2, 0.25) is 10.0 Å². The first-order valence-electron chi connectivity index (χ1n) is 6.10. The van der Waals surface area contributed by atoms with Gasteiger partial charge in [0.1, 0.15) is 5.69 Å². The lowest BCUT2D eigenvalue weighted by Gasteiger charge is -2.17. The number of nitrogens with zero attached hydrogens (tertiary/aromatic N) is 1. The van der Waals surface area contributed by atoms with Gasteiger partial charge in [-0.1, -0.05) is 0 Å². The van der Waals surface area contributed by atoms with E-state index in [0.717, 1.165) is 18.9 Å². The van der Waals surface area contributed by atoms with Gasteiger partial charge >= 0.3 is 0 Å². The third kappa shape index (κ3) is 3.24. The van der Waals surface area contributed by atoms with Gasteiger partial charge < -0.3 is 11.1 Å². The number of nitro benzene ring substituents is 1. The van der Waals surface area contributed by atoms with Gasteiger partial charge in [0, 0.05) is 18.7 Å². The Bertz CT molecular complexity index is 627. The van der Waals surface area contributed by atoms with Crippen LogP contribution in [-0.2, 0) is 10.0 Å². The van der Waals surface area contributed by atoms with E-state index in [-0.39, 0.29) is 22.3 Å². The molecule has 20 heavy (non-hydrogen) atoms. The van der Waals surface area contributed by atoms with E-state index in [1.54, 1.807) is 0 Å². The maximum Gasteiger partial charge on any atom is 0.293 e. The normalized spacial score (nSPS) is 16.7. The molecule has 2 rings (SSSR count). The molecule has 1 saturated carbocycles. The fourth-order valence-corrected chi connectivity index (χ4v) is 2.56. The quantitative estimate of drug-likeness (QED) is 0.512. The highest BCUT2D eigenvalue weighted by atomic mass is 32.2. The van der Waals surface area contributed by atoms with Crippen LogP contribution < -0.4 is 16.2 Å². The van der Waals surface area contributed by atoms with E-state index in [2.05, 4.69) is 5.32 Å². The summed E-state index contributed by atoms with van der Waals surface area (Å²) in [5.41, 5.74) is 5.57. The summed E-state index contributed by atoms with van der Waals surface area (Å²) in [4.78, 5) is 10.1. The van der Waals surface area contributed by atoms with E-state index >= 15 is 0 Å². The summed E-state index contributed by atoms with van der Waals surface area (Å²) in [6.45, 7) is 0.360. The number of hydrogen-bond acceptors (Lipinski definition) is 6. The van der Waals surface area contributed by atoms with Gasteiger partial charge in [0.05, 0.1) is 9.82 Å². The first-order valence-corrected chi connectivity index (χ1v) is 7.65. The van der Waals surface area contributed by atoms with Crippen LogP contribution in [0.3, 0.4) is 0 Å². The fourth-order valence-electron chi connectivity index (χ4n) is 2.03. The van der Waals surface area contributed by atoms with Crippen LogP contribution in [0.2, 0.25) is 0 Å². The Morgan fingerprint density at radius 2 is 2.10 bits per heavy atom. The van der Waals surface area contributed by atoms with Crippen molar-refractivity contribution in [3.63, 3.8) is 0 Å². The molecule has 1 aromatic rings.